The quantitative estimate of drug-likeness (QED) is 0.775. The number of likely N-dealkylation sites (tertiary alicyclic amines) is 1. The van der Waals surface area contributed by atoms with Crippen molar-refractivity contribution in [3.63, 3.8) is 0 Å². The van der Waals surface area contributed by atoms with Crippen molar-refractivity contribution in [2.24, 2.45) is 0 Å². The first-order valence-electron chi connectivity index (χ1n) is 6.63. The fourth-order valence-corrected chi connectivity index (χ4v) is 2.31. The number of nitrogens with zero attached hydrogens (tertiary/aromatic N) is 1. The van der Waals surface area contributed by atoms with Crippen LogP contribution in [0.5, 0.6) is 0 Å². The van der Waals surface area contributed by atoms with Gasteiger partial charge in [0.15, 0.2) is 0 Å². The fourth-order valence-electron chi connectivity index (χ4n) is 2.31. The first kappa shape index (κ1) is 13.8. The second-order valence-corrected chi connectivity index (χ2v) is 4.95. The standard InChI is InChI=1S/C14H20N2O3/c17-13-6-9-16(10-7-13)8-5-11-1-3-12(4-2-11)15-14(18)19/h1-4,13,15,17H,5-10H2,(H,18,19). The molecule has 1 heterocycles. The molecule has 0 aliphatic carbocycles. The van der Waals surface area contributed by atoms with Crippen LogP contribution in [0.1, 0.15) is 18.4 Å². The number of piperidine rings is 1. The minimum Gasteiger partial charge on any atom is -0.465 e. The maximum atomic E-state index is 10.5. The number of hydrogen-bond donors (Lipinski definition) is 3. The van der Waals surface area contributed by atoms with Gasteiger partial charge in [-0.25, -0.2) is 4.79 Å². The molecule has 2 rings (SSSR count). The summed E-state index contributed by atoms with van der Waals surface area (Å²) >= 11 is 0. The molecule has 0 bridgehead atoms. The van der Waals surface area contributed by atoms with Gasteiger partial charge in [-0.1, -0.05) is 12.1 Å². The molecule has 0 saturated carbocycles. The second-order valence-electron chi connectivity index (χ2n) is 4.95. The van der Waals surface area contributed by atoms with Crippen molar-refractivity contribution in [3.05, 3.63) is 29.8 Å². The summed E-state index contributed by atoms with van der Waals surface area (Å²) in [5.74, 6) is 0. The predicted molar refractivity (Wildman–Crippen MR) is 73.5 cm³/mol. The third-order valence-electron chi connectivity index (χ3n) is 3.48. The zero-order chi connectivity index (χ0) is 13.7. The molecule has 0 spiro atoms. The summed E-state index contributed by atoms with van der Waals surface area (Å²) in [5, 5.41) is 20.3. The Labute approximate surface area is 112 Å². The lowest BCUT2D eigenvalue weighted by atomic mass is 10.1. The highest BCUT2D eigenvalue weighted by molar-refractivity contribution is 5.82. The molecule has 1 saturated heterocycles. The second kappa shape index (κ2) is 6.54. The zero-order valence-electron chi connectivity index (χ0n) is 10.9. The van der Waals surface area contributed by atoms with Crippen LogP contribution in [0.3, 0.4) is 0 Å². The van der Waals surface area contributed by atoms with Crippen molar-refractivity contribution in [2.75, 3.05) is 25.0 Å². The molecule has 1 aliphatic rings. The van der Waals surface area contributed by atoms with Gasteiger partial charge in [-0.2, -0.15) is 0 Å². The van der Waals surface area contributed by atoms with Gasteiger partial charge in [0.2, 0.25) is 0 Å². The Balaban J connectivity index is 1.78. The van der Waals surface area contributed by atoms with E-state index in [0.717, 1.165) is 38.9 Å². The van der Waals surface area contributed by atoms with Gasteiger partial charge in [0.1, 0.15) is 0 Å². The molecule has 19 heavy (non-hydrogen) atoms. The molecule has 1 aliphatic heterocycles. The van der Waals surface area contributed by atoms with Crippen LogP contribution in [0.15, 0.2) is 24.3 Å². The van der Waals surface area contributed by atoms with E-state index in [4.69, 9.17) is 5.11 Å². The molecule has 1 aromatic rings. The Morgan fingerprint density at radius 2 is 1.89 bits per heavy atom. The van der Waals surface area contributed by atoms with Crippen LogP contribution < -0.4 is 5.32 Å². The third-order valence-corrected chi connectivity index (χ3v) is 3.48. The van der Waals surface area contributed by atoms with Crippen LogP contribution >= 0.6 is 0 Å². The van der Waals surface area contributed by atoms with E-state index in [1.54, 1.807) is 12.1 Å². The highest BCUT2D eigenvalue weighted by Gasteiger charge is 2.16. The van der Waals surface area contributed by atoms with E-state index in [-0.39, 0.29) is 6.10 Å². The van der Waals surface area contributed by atoms with E-state index in [1.807, 2.05) is 12.1 Å². The maximum Gasteiger partial charge on any atom is 0.409 e. The molecule has 0 aromatic heterocycles. The van der Waals surface area contributed by atoms with Crippen LogP contribution in [-0.2, 0) is 6.42 Å². The van der Waals surface area contributed by atoms with E-state index < -0.39 is 6.09 Å². The topological polar surface area (TPSA) is 72.8 Å². The van der Waals surface area contributed by atoms with E-state index in [0.29, 0.717) is 5.69 Å². The van der Waals surface area contributed by atoms with E-state index in [9.17, 15) is 9.90 Å². The van der Waals surface area contributed by atoms with Crippen molar-refractivity contribution in [1.82, 2.24) is 4.90 Å². The zero-order valence-corrected chi connectivity index (χ0v) is 10.9. The summed E-state index contributed by atoms with van der Waals surface area (Å²) in [7, 11) is 0. The largest absolute Gasteiger partial charge is 0.465 e. The van der Waals surface area contributed by atoms with Crippen molar-refractivity contribution < 1.29 is 15.0 Å². The van der Waals surface area contributed by atoms with Crippen molar-refractivity contribution in [3.8, 4) is 0 Å². The molecule has 1 fully saturated rings. The normalized spacial score (nSPS) is 17.3. The van der Waals surface area contributed by atoms with Crippen LogP contribution in [-0.4, -0.2) is 46.9 Å². The summed E-state index contributed by atoms with van der Waals surface area (Å²) in [5.41, 5.74) is 1.79. The number of carboxylic acid groups (broad SMARTS) is 1. The smallest absolute Gasteiger partial charge is 0.409 e. The number of carbonyl (C=O) groups is 1. The molecule has 0 unspecified atom stereocenters. The molecule has 1 amide bonds. The molecule has 0 radical (unpaired) electrons. The Kier molecular flexibility index (Phi) is 4.76. The summed E-state index contributed by atoms with van der Waals surface area (Å²) in [4.78, 5) is 12.8. The summed E-state index contributed by atoms with van der Waals surface area (Å²) in [6.45, 7) is 2.90. The minimum atomic E-state index is -1.04. The third kappa shape index (κ3) is 4.54. The van der Waals surface area contributed by atoms with Crippen LogP contribution in [0.25, 0.3) is 0 Å². The number of nitrogens with one attached hydrogen (secondary N) is 1. The van der Waals surface area contributed by atoms with Gasteiger partial charge in [-0.3, -0.25) is 5.32 Å². The average Bonchev–Trinajstić information content (AvgIpc) is 2.39. The Morgan fingerprint density at radius 1 is 1.26 bits per heavy atom. The number of anilines is 1. The van der Waals surface area contributed by atoms with Gasteiger partial charge >= 0.3 is 6.09 Å². The highest BCUT2D eigenvalue weighted by atomic mass is 16.4. The molecule has 5 nitrogen and oxygen atoms in total. The first-order valence-corrected chi connectivity index (χ1v) is 6.63. The van der Waals surface area contributed by atoms with Crippen molar-refractivity contribution in [1.29, 1.82) is 0 Å². The molecule has 1 aromatic carbocycles. The number of benzene rings is 1. The van der Waals surface area contributed by atoms with Gasteiger partial charge in [-0.05, 0) is 37.0 Å². The summed E-state index contributed by atoms with van der Waals surface area (Å²) in [6.07, 6.45) is 1.50. The lowest BCUT2D eigenvalue weighted by Gasteiger charge is -2.29. The summed E-state index contributed by atoms with van der Waals surface area (Å²) < 4.78 is 0. The molecule has 5 heteroatoms. The minimum absolute atomic E-state index is 0.127. The molecular formula is C14H20N2O3. The van der Waals surface area contributed by atoms with Gasteiger partial charge in [0, 0.05) is 25.3 Å². The number of rotatable bonds is 4. The molecule has 104 valence electrons. The monoisotopic (exact) mass is 264 g/mol. The molecule has 0 atom stereocenters. The van der Waals surface area contributed by atoms with Gasteiger partial charge in [0.05, 0.1) is 6.10 Å². The van der Waals surface area contributed by atoms with Crippen LogP contribution in [0.4, 0.5) is 10.5 Å². The number of aliphatic hydroxyl groups excluding tert-OH is 1. The lowest BCUT2D eigenvalue weighted by Crippen LogP contribution is -2.37. The number of aliphatic hydroxyl groups is 1. The predicted octanol–water partition coefficient (Wildman–Crippen LogP) is 1.78. The Hall–Kier alpha value is -1.59. The molecule has 3 N–H and O–H groups in total. The lowest BCUT2D eigenvalue weighted by molar-refractivity contribution is 0.0832. The first-order chi connectivity index (χ1) is 9.13. The SMILES string of the molecule is O=C(O)Nc1ccc(CCN2CCC(O)CC2)cc1. The number of amides is 1. The number of hydrogen-bond acceptors (Lipinski definition) is 3. The van der Waals surface area contributed by atoms with Crippen molar-refractivity contribution >= 4 is 11.8 Å². The van der Waals surface area contributed by atoms with Gasteiger partial charge in [0.25, 0.3) is 0 Å². The molecular weight excluding hydrogens is 244 g/mol. The average molecular weight is 264 g/mol. The van der Waals surface area contributed by atoms with Crippen LogP contribution in [0.2, 0.25) is 0 Å². The maximum absolute atomic E-state index is 10.5. The van der Waals surface area contributed by atoms with E-state index in [2.05, 4.69) is 10.2 Å². The fraction of sp³-hybridized carbons (Fsp3) is 0.500. The summed E-state index contributed by atoms with van der Waals surface area (Å²) in [6, 6.07) is 7.46. The van der Waals surface area contributed by atoms with E-state index >= 15 is 0 Å². The van der Waals surface area contributed by atoms with Crippen LogP contribution in [0, 0.1) is 0 Å². The van der Waals surface area contributed by atoms with Gasteiger partial charge in [-0.15, -0.1) is 0 Å². The highest BCUT2D eigenvalue weighted by Crippen LogP contribution is 2.13. The van der Waals surface area contributed by atoms with Crippen molar-refractivity contribution in [2.45, 2.75) is 25.4 Å². The van der Waals surface area contributed by atoms with E-state index in [1.165, 1.54) is 5.56 Å². The Morgan fingerprint density at radius 3 is 2.47 bits per heavy atom. The van der Waals surface area contributed by atoms with Gasteiger partial charge < -0.3 is 15.1 Å². The Bertz CT molecular complexity index is 411.